The van der Waals surface area contributed by atoms with Crippen LogP contribution in [-0.2, 0) is 7.05 Å². The lowest BCUT2D eigenvalue weighted by Crippen LogP contribution is -2.22. The molecule has 0 radical (unpaired) electrons. The van der Waals surface area contributed by atoms with E-state index < -0.39 is 0 Å². The van der Waals surface area contributed by atoms with Crippen LogP contribution in [0.5, 0.6) is 0 Å². The first-order chi connectivity index (χ1) is 7.75. The first kappa shape index (κ1) is 9.03. The van der Waals surface area contributed by atoms with Crippen molar-refractivity contribution in [1.82, 2.24) is 14.8 Å². The molecule has 78 valence electrons. The van der Waals surface area contributed by atoms with E-state index in [0.29, 0.717) is 0 Å². The number of nitrogens with zero attached hydrogens (tertiary/aromatic N) is 3. The molecule has 0 amide bonds. The molecule has 1 aromatic heterocycles. The second-order valence-electron chi connectivity index (χ2n) is 3.71. The maximum Gasteiger partial charge on any atom is 0.239 e. The lowest BCUT2D eigenvalue weighted by atomic mass is 10.1. The zero-order valence-corrected chi connectivity index (χ0v) is 8.81. The summed E-state index contributed by atoms with van der Waals surface area (Å²) in [6.07, 6.45) is 0. The third-order valence-electron chi connectivity index (χ3n) is 2.66. The molecule has 0 atom stereocenters. The number of nitrogens with one attached hydrogen (secondary N) is 1. The van der Waals surface area contributed by atoms with Crippen LogP contribution in [0, 0.1) is 5.41 Å². The van der Waals surface area contributed by atoms with Gasteiger partial charge in [-0.3, -0.25) is 5.41 Å². The van der Waals surface area contributed by atoms with Crippen molar-refractivity contribution in [2.45, 2.75) is 0 Å². The van der Waals surface area contributed by atoms with E-state index in [4.69, 9.17) is 5.41 Å². The molecule has 16 heavy (non-hydrogen) atoms. The Kier molecular flexibility index (Phi) is 1.77. The summed E-state index contributed by atoms with van der Waals surface area (Å²) in [5, 5.41) is 14.1. The third kappa shape index (κ3) is 1.20. The van der Waals surface area contributed by atoms with E-state index in [0.717, 1.165) is 21.8 Å². The maximum atomic E-state index is 7.67. The Morgan fingerprint density at radius 2 is 1.94 bits per heavy atom. The third-order valence-corrected chi connectivity index (χ3v) is 2.66. The average molecular weight is 210 g/mol. The van der Waals surface area contributed by atoms with Gasteiger partial charge in [-0.1, -0.05) is 30.3 Å². The minimum atomic E-state index is 0.170. The highest BCUT2D eigenvalue weighted by molar-refractivity contribution is 6.03. The summed E-state index contributed by atoms with van der Waals surface area (Å²) in [6, 6.07) is 12.0. The van der Waals surface area contributed by atoms with Gasteiger partial charge in [0.15, 0.2) is 0 Å². The minimum Gasteiger partial charge on any atom is -0.266 e. The first-order valence-electron chi connectivity index (χ1n) is 5.03. The van der Waals surface area contributed by atoms with Crippen molar-refractivity contribution in [3.63, 3.8) is 0 Å². The highest BCUT2D eigenvalue weighted by Gasteiger charge is 2.03. The number of aryl methyl sites for hydroxylation is 1. The van der Waals surface area contributed by atoms with E-state index in [1.807, 2.05) is 36.4 Å². The molecule has 0 aliphatic heterocycles. The fraction of sp³-hybridized carbons (Fsp3) is 0.0833. The highest BCUT2D eigenvalue weighted by atomic mass is 15.3. The molecular formula is C12H10N4. The summed E-state index contributed by atoms with van der Waals surface area (Å²) in [7, 11) is 1.73. The van der Waals surface area contributed by atoms with E-state index >= 15 is 0 Å². The van der Waals surface area contributed by atoms with Crippen LogP contribution >= 0.6 is 0 Å². The van der Waals surface area contributed by atoms with Crippen molar-refractivity contribution >= 4 is 21.8 Å². The SMILES string of the molecule is Cn1nc2ccc3ccccc3c2nc1=N. The smallest absolute Gasteiger partial charge is 0.239 e. The number of rotatable bonds is 0. The maximum absolute atomic E-state index is 7.67. The second-order valence-corrected chi connectivity index (χ2v) is 3.71. The van der Waals surface area contributed by atoms with Crippen molar-refractivity contribution < 1.29 is 0 Å². The van der Waals surface area contributed by atoms with Gasteiger partial charge in [0.25, 0.3) is 0 Å². The molecule has 0 saturated heterocycles. The van der Waals surface area contributed by atoms with Gasteiger partial charge >= 0.3 is 0 Å². The van der Waals surface area contributed by atoms with Gasteiger partial charge in [0.05, 0.1) is 0 Å². The molecule has 3 aromatic rings. The number of aromatic nitrogens is 3. The lowest BCUT2D eigenvalue weighted by Gasteiger charge is -2.03. The van der Waals surface area contributed by atoms with Crippen molar-refractivity contribution in [2.24, 2.45) is 7.05 Å². The molecule has 1 heterocycles. The van der Waals surface area contributed by atoms with E-state index in [1.54, 1.807) is 7.05 Å². The summed E-state index contributed by atoms with van der Waals surface area (Å²) in [6.45, 7) is 0. The van der Waals surface area contributed by atoms with Gasteiger partial charge in [0.1, 0.15) is 11.0 Å². The zero-order valence-electron chi connectivity index (χ0n) is 8.81. The van der Waals surface area contributed by atoms with Gasteiger partial charge in [-0.2, -0.15) is 5.10 Å². The van der Waals surface area contributed by atoms with Gasteiger partial charge in [0.2, 0.25) is 5.62 Å². The van der Waals surface area contributed by atoms with Crippen LogP contribution < -0.4 is 5.62 Å². The fourth-order valence-corrected chi connectivity index (χ4v) is 1.83. The molecule has 0 unspecified atom stereocenters. The van der Waals surface area contributed by atoms with Gasteiger partial charge in [0, 0.05) is 12.4 Å². The minimum absolute atomic E-state index is 0.170. The van der Waals surface area contributed by atoms with Gasteiger partial charge in [-0.15, -0.1) is 0 Å². The quantitative estimate of drug-likeness (QED) is 0.573. The second kappa shape index (κ2) is 3.13. The molecule has 3 rings (SSSR count). The van der Waals surface area contributed by atoms with Crippen LogP contribution in [-0.4, -0.2) is 14.8 Å². The number of fused-ring (bicyclic) bond motifs is 3. The molecule has 0 aliphatic carbocycles. The van der Waals surface area contributed by atoms with Crippen LogP contribution in [0.15, 0.2) is 36.4 Å². The average Bonchev–Trinajstić information content (AvgIpc) is 2.31. The summed E-state index contributed by atoms with van der Waals surface area (Å²) in [5.41, 5.74) is 1.78. The van der Waals surface area contributed by atoms with Crippen molar-refractivity contribution in [2.75, 3.05) is 0 Å². The predicted molar refractivity (Wildman–Crippen MR) is 61.9 cm³/mol. The van der Waals surface area contributed by atoms with Gasteiger partial charge in [-0.25, -0.2) is 9.67 Å². The normalized spacial score (nSPS) is 11.1. The predicted octanol–water partition coefficient (Wildman–Crippen LogP) is 1.60. The van der Waals surface area contributed by atoms with Crippen LogP contribution in [0.25, 0.3) is 21.8 Å². The zero-order chi connectivity index (χ0) is 11.1. The molecule has 0 fully saturated rings. The fourth-order valence-electron chi connectivity index (χ4n) is 1.83. The summed E-state index contributed by atoms with van der Waals surface area (Å²) >= 11 is 0. The Bertz CT molecular complexity index is 743. The molecule has 4 heteroatoms. The largest absolute Gasteiger partial charge is 0.266 e. The van der Waals surface area contributed by atoms with E-state index in [-0.39, 0.29) is 5.62 Å². The summed E-state index contributed by atoms with van der Waals surface area (Å²) < 4.78 is 1.47. The van der Waals surface area contributed by atoms with Crippen LogP contribution in [0.4, 0.5) is 0 Å². The van der Waals surface area contributed by atoms with E-state index in [1.165, 1.54) is 4.68 Å². The van der Waals surface area contributed by atoms with Crippen molar-refractivity contribution in [3.8, 4) is 0 Å². The Hall–Kier alpha value is -2.23. The molecule has 0 saturated carbocycles. The highest BCUT2D eigenvalue weighted by Crippen LogP contribution is 2.20. The molecule has 2 aromatic carbocycles. The number of hydrogen-bond acceptors (Lipinski definition) is 3. The van der Waals surface area contributed by atoms with Crippen LogP contribution in [0.1, 0.15) is 0 Å². The summed E-state index contributed by atoms with van der Waals surface area (Å²) in [4.78, 5) is 4.27. The molecule has 0 bridgehead atoms. The molecule has 0 spiro atoms. The number of benzene rings is 2. The van der Waals surface area contributed by atoms with Crippen molar-refractivity contribution in [3.05, 3.63) is 42.0 Å². The molecule has 4 nitrogen and oxygen atoms in total. The van der Waals surface area contributed by atoms with E-state index in [2.05, 4.69) is 10.1 Å². The Balaban J connectivity index is 2.60. The number of hydrogen-bond donors (Lipinski definition) is 1. The van der Waals surface area contributed by atoms with Gasteiger partial charge < -0.3 is 0 Å². The Labute approximate surface area is 91.7 Å². The first-order valence-corrected chi connectivity index (χ1v) is 5.03. The Morgan fingerprint density at radius 1 is 1.12 bits per heavy atom. The van der Waals surface area contributed by atoms with Crippen LogP contribution in [0.2, 0.25) is 0 Å². The standard InChI is InChI=1S/C12H10N4/c1-16-12(13)14-11-9-5-3-2-4-8(9)6-7-10(11)15-16/h2-7,13H,1H3. The molecular weight excluding hydrogens is 200 g/mol. The van der Waals surface area contributed by atoms with Crippen LogP contribution in [0.3, 0.4) is 0 Å². The molecule has 1 N–H and O–H groups in total. The monoisotopic (exact) mass is 210 g/mol. The van der Waals surface area contributed by atoms with E-state index in [9.17, 15) is 0 Å². The van der Waals surface area contributed by atoms with Crippen molar-refractivity contribution in [1.29, 1.82) is 5.41 Å². The topological polar surface area (TPSA) is 54.6 Å². The molecule has 0 aliphatic rings. The Morgan fingerprint density at radius 3 is 2.81 bits per heavy atom. The lowest BCUT2D eigenvalue weighted by molar-refractivity contribution is 0.666. The van der Waals surface area contributed by atoms with Gasteiger partial charge in [-0.05, 0) is 11.5 Å². The summed E-state index contributed by atoms with van der Waals surface area (Å²) in [5.74, 6) is 0.